The Morgan fingerprint density at radius 3 is 2.57 bits per heavy atom. The Bertz CT molecular complexity index is 985. The first-order valence-corrected chi connectivity index (χ1v) is 11.6. The molecule has 2 aromatic rings. The second-order valence-electron chi connectivity index (χ2n) is 6.74. The molecule has 2 aromatic carbocycles. The highest BCUT2D eigenvalue weighted by molar-refractivity contribution is 7.99. The Labute approximate surface area is 178 Å². The maximum atomic E-state index is 13.0. The van der Waals surface area contributed by atoms with Crippen molar-refractivity contribution in [1.82, 2.24) is 4.31 Å². The monoisotopic (exact) mass is 456 g/mol. The van der Waals surface area contributed by atoms with Gasteiger partial charge in [0.1, 0.15) is 5.75 Å². The standard InChI is InChI=1S/C20H22F2N2O4S2/c1-28-15-8-10-16(11-9-15)30(26,27)24-12-4-5-14(13-24)19(25)23-17-6-2-3-7-18(17)29-20(21)22/h2-3,6-11,14,20H,4-5,12-13H2,1H3,(H,23,25). The maximum absolute atomic E-state index is 13.0. The fourth-order valence-electron chi connectivity index (χ4n) is 3.27. The molecule has 162 valence electrons. The first-order chi connectivity index (χ1) is 14.3. The van der Waals surface area contributed by atoms with Crippen LogP contribution >= 0.6 is 11.8 Å². The van der Waals surface area contributed by atoms with Gasteiger partial charge in [0.15, 0.2) is 0 Å². The average Bonchev–Trinajstić information content (AvgIpc) is 2.75. The number of sulfonamides is 1. The van der Waals surface area contributed by atoms with Gasteiger partial charge in [-0.05, 0) is 49.2 Å². The summed E-state index contributed by atoms with van der Waals surface area (Å²) in [7, 11) is -2.26. The minimum absolute atomic E-state index is 0.0321. The van der Waals surface area contributed by atoms with Gasteiger partial charge in [0.25, 0.3) is 5.76 Å². The van der Waals surface area contributed by atoms with Crippen LogP contribution in [-0.2, 0) is 14.8 Å². The molecule has 0 bridgehead atoms. The van der Waals surface area contributed by atoms with Crippen LogP contribution in [0.25, 0.3) is 0 Å². The summed E-state index contributed by atoms with van der Waals surface area (Å²) in [5.74, 6) is -3.02. The summed E-state index contributed by atoms with van der Waals surface area (Å²) in [6.07, 6.45) is 1.05. The largest absolute Gasteiger partial charge is 0.497 e. The molecular formula is C20H22F2N2O4S2. The number of methoxy groups -OCH3 is 1. The molecule has 0 aromatic heterocycles. The molecule has 1 atom stereocenters. The number of para-hydroxylation sites is 1. The number of carbonyl (C=O) groups excluding carboxylic acids is 1. The van der Waals surface area contributed by atoms with Crippen molar-refractivity contribution in [3.63, 3.8) is 0 Å². The zero-order valence-electron chi connectivity index (χ0n) is 16.3. The summed E-state index contributed by atoms with van der Waals surface area (Å²) >= 11 is 0.354. The lowest BCUT2D eigenvalue weighted by Gasteiger charge is -2.31. The molecular weight excluding hydrogens is 434 g/mol. The van der Waals surface area contributed by atoms with Crippen molar-refractivity contribution in [2.45, 2.75) is 28.4 Å². The third kappa shape index (κ3) is 5.30. The van der Waals surface area contributed by atoms with Gasteiger partial charge < -0.3 is 10.1 Å². The number of hydrogen-bond acceptors (Lipinski definition) is 5. The number of nitrogens with zero attached hydrogens (tertiary/aromatic N) is 1. The van der Waals surface area contributed by atoms with Crippen molar-refractivity contribution < 1.29 is 26.7 Å². The van der Waals surface area contributed by atoms with Gasteiger partial charge in [-0.2, -0.15) is 13.1 Å². The molecule has 1 aliphatic rings. The van der Waals surface area contributed by atoms with Crippen LogP contribution in [0.3, 0.4) is 0 Å². The van der Waals surface area contributed by atoms with Crippen molar-refractivity contribution >= 4 is 33.4 Å². The van der Waals surface area contributed by atoms with E-state index < -0.39 is 21.7 Å². The first kappa shape index (κ1) is 22.5. The number of carbonyl (C=O) groups is 1. The predicted molar refractivity (Wildman–Crippen MR) is 111 cm³/mol. The van der Waals surface area contributed by atoms with Gasteiger partial charge in [0.05, 0.1) is 23.6 Å². The van der Waals surface area contributed by atoms with Crippen LogP contribution in [0.5, 0.6) is 5.75 Å². The molecule has 0 aliphatic carbocycles. The molecule has 0 radical (unpaired) electrons. The molecule has 1 saturated heterocycles. The third-order valence-electron chi connectivity index (χ3n) is 4.81. The van der Waals surface area contributed by atoms with Crippen LogP contribution in [0.2, 0.25) is 0 Å². The number of benzene rings is 2. The maximum Gasteiger partial charge on any atom is 0.288 e. The molecule has 0 spiro atoms. The number of alkyl halides is 2. The Morgan fingerprint density at radius 1 is 1.20 bits per heavy atom. The third-order valence-corrected chi connectivity index (χ3v) is 7.48. The number of hydrogen-bond donors (Lipinski definition) is 1. The van der Waals surface area contributed by atoms with Gasteiger partial charge in [-0.25, -0.2) is 8.42 Å². The van der Waals surface area contributed by atoms with E-state index in [0.29, 0.717) is 42.6 Å². The number of nitrogens with one attached hydrogen (secondary N) is 1. The van der Waals surface area contributed by atoms with Crippen LogP contribution in [0.4, 0.5) is 14.5 Å². The van der Waals surface area contributed by atoms with E-state index in [1.165, 1.54) is 29.6 Å². The van der Waals surface area contributed by atoms with Crippen LogP contribution < -0.4 is 10.1 Å². The molecule has 1 N–H and O–H groups in total. The Balaban J connectivity index is 1.72. The summed E-state index contributed by atoms with van der Waals surface area (Å²) in [6.45, 7) is 0.348. The Morgan fingerprint density at radius 2 is 1.90 bits per heavy atom. The highest BCUT2D eigenvalue weighted by Gasteiger charge is 2.33. The van der Waals surface area contributed by atoms with Crippen molar-refractivity contribution in [3.05, 3.63) is 48.5 Å². The number of ether oxygens (including phenoxy) is 1. The lowest BCUT2D eigenvalue weighted by Crippen LogP contribution is -2.43. The van der Waals surface area contributed by atoms with Gasteiger partial charge in [-0.3, -0.25) is 4.79 Å². The zero-order chi connectivity index (χ0) is 21.7. The van der Waals surface area contributed by atoms with Gasteiger partial charge in [-0.15, -0.1) is 0 Å². The van der Waals surface area contributed by atoms with E-state index in [0.717, 1.165) is 0 Å². The van der Waals surface area contributed by atoms with E-state index in [9.17, 15) is 22.0 Å². The molecule has 1 amide bonds. The fourth-order valence-corrected chi connectivity index (χ4v) is 5.39. The molecule has 1 unspecified atom stereocenters. The number of anilines is 1. The quantitative estimate of drug-likeness (QED) is 0.637. The second kappa shape index (κ2) is 9.76. The molecule has 3 rings (SSSR count). The number of piperidine rings is 1. The van der Waals surface area contributed by atoms with E-state index in [2.05, 4.69) is 5.32 Å². The number of thioether (sulfide) groups is 1. The summed E-state index contributed by atoms with van der Waals surface area (Å²) in [4.78, 5) is 13.1. The van der Waals surface area contributed by atoms with Gasteiger partial charge in [0, 0.05) is 18.0 Å². The summed E-state index contributed by atoms with van der Waals surface area (Å²) in [5, 5.41) is 2.68. The first-order valence-electron chi connectivity index (χ1n) is 9.30. The molecule has 30 heavy (non-hydrogen) atoms. The molecule has 0 saturated carbocycles. The van der Waals surface area contributed by atoms with Crippen molar-refractivity contribution in [1.29, 1.82) is 0 Å². The van der Waals surface area contributed by atoms with Crippen LogP contribution in [0, 0.1) is 5.92 Å². The van der Waals surface area contributed by atoms with Crippen molar-refractivity contribution in [2.24, 2.45) is 5.92 Å². The van der Waals surface area contributed by atoms with E-state index in [1.807, 2.05) is 0 Å². The average molecular weight is 457 g/mol. The summed E-state index contributed by atoms with van der Waals surface area (Å²) in [6, 6.07) is 12.4. The van der Waals surface area contributed by atoms with Crippen molar-refractivity contribution in [3.8, 4) is 5.75 Å². The molecule has 1 aliphatic heterocycles. The molecule has 1 fully saturated rings. The highest BCUT2D eigenvalue weighted by atomic mass is 32.2. The van der Waals surface area contributed by atoms with Gasteiger partial charge >= 0.3 is 0 Å². The van der Waals surface area contributed by atoms with E-state index in [1.54, 1.807) is 30.3 Å². The smallest absolute Gasteiger partial charge is 0.288 e. The minimum atomic E-state index is -3.76. The summed E-state index contributed by atoms with van der Waals surface area (Å²) in [5.41, 5.74) is 0.294. The highest BCUT2D eigenvalue weighted by Crippen LogP contribution is 2.32. The lowest BCUT2D eigenvalue weighted by molar-refractivity contribution is -0.120. The van der Waals surface area contributed by atoms with Gasteiger partial charge in [-0.1, -0.05) is 23.9 Å². The topological polar surface area (TPSA) is 75.7 Å². The Hall–Kier alpha value is -2.17. The zero-order valence-corrected chi connectivity index (χ0v) is 17.9. The number of rotatable bonds is 7. The summed E-state index contributed by atoms with van der Waals surface area (Å²) < 4.78 is 57.8. The van der Waals surface area contributed by atoms with E-state index in [-0.39, 0.29) is 22.2 Å². The van der Waals surface area contributed by atoms with Gasteiger partial charge in [0.2, 0.25) is 15.9 Å². The van der Waals surface area contributed by atoms with E-state index >= 15 is 0 Å². The van der Waals surface area contributed by atoms with Crippen LogP contribution in [0.15, 0.2) is 58.3 Å². The molecule has 10 heteroatoms. The van der Waals surface area contributed by atoms with E-state index in [4.69, 9.17) is 4.74 Å². The molecule has 1 heterocycles. The number of halogens is 2. The molecule has 6 nitrogen and oxygen atoms in total. The fraction of sp³-hybridized carbons (Fsp3) is 0.350. The minimum Gasteiger partial charge on any atom is -0.497 e. The van der Waals surface area contributed by atoms with Crippen LogP contribution in [0.1, 0.15) is 12.8 Å². The van der Waals surface area contributed by atoms with Crippen molar-refractivity contribution in [2.75, 3.05) is 25.5 Å². The normalized spacial score (nSPS) is 17.7. The number of amides is 1. The predicted octanol–water partition coefficient (Wildman–Crippen LogP) is 4.05. The lowest BCUT2D eigenvalue weighted by atomic mass is 9.99. The second-order valence-corrected chi connectivity index (χ2v) is 9.71. The SMILES string of the molecule is COc1ccc(S(=O)(=O)N2CCCC(C(=O)Nc3ccccc3SC(F)F)C2)cc1. The van der Waals surface area contributed by atoms with Crippen LogP contribution in [-0.4, -0.2) is 44.6 Å². The Kier molecular flexibility index (Phi) is 7.32.